The number of carbonyl (C=O) groups excluding carboxylic acids is 2. The summed E-state index contributed by atoms with van der Waals surface area (Å²) in [5, 5.41) is 2.24. The van der Waals surface area contributed by atoms with Crippen LogP contribution in [0.4, 0.5) is 0 Å². The van der Waals surface area contributed by atoms with Gasteiger partial charge in [0, 0.05) is 37.8 Å². The summed E-state index contributed by atoms with van der Waals surface area (Å²) in [6.07, 6.45) is 2.48. The SMILES string of the molecule is CN1C=C2C(=O)N(C3CCN(C(=O)CCS(=O)(=O)c4ccc5cc(Cl)ccc5c4)C3)CN2C1. The largest absolute Gasteiger partial charge is 0.361 e. The highest BCUT2D eigenvalue weighted by Gasteiger charge is 2.42. The molecule has 1 atom stereocenters. The van der Waals surface area contributed by atoms with Crippen molar-refractivity contribution in [1.82, 2.24) is 19.6 Å². The standard InChI is InChI=1S/C23H25ClN4O4S/c1-25-13-21-23(30)28(15-27(21)14-25)19-6-8-26(12-19)22(29)7-9-33(31,32)20-5-3-16-10-18(24)4-2-17(16)11-20/h2-5,10-11,13,19H,6-9,12,14-15H2,1H3. The normalized spacial score (nSPS) is 20.7. The van der Waals surface area contributed by atoms with Crippen LogP contribution in [-0.2, 0) is 19.4 Å². The Balaban J connectivity index is 1.20. The summed E-state index contributed by atoms with van der Waals surface area (Å²) in [5.41, 5.74) is 0.700. The summed E-state index contributed by atoms with van der Waals surface area (Å²) < 4.78 is 25.7. The number of hydrogen-bond donors (Lipinski definition) is 0. The van der Waals surface area contributed by atoms with Gasteiger partial charge >= 0.3 is 0 Å². The second kappa shape index (κ2) is 8.22. The Bertz CT molecular complexity index is 1280. The highest BCUT2D eigenvalue weighted by Crippen LogP contribution is 2.29. The molecule has 2 fully saturated rings. The lowest BCUT2D eigenvalue weighted by atomic mass is 10.1. The second-order valence-corrected chi connectivity index (χ2v) is 11.4. The minimum atomic E-state index is -3.60. The Hall–Kier alpha value is -2.78. The lowest BCUT2D eigenvalue weighted by Gasteiger charge is -2.25. The van der Waals surface area contributed by atoms with E-state index in [1.807, 2.05) is 27.9 Å². The van der Waals surface area contributed by atoms with Crippen LogP contribution >= 0.6 is 11.6 Å². The van der Waals surface area contributed by atoms with E-state index < -0.39 is 9.84 Å². The van der Waals surface area contributed by atoms with Gasteiger partial charge in [-0.15, -0.1) is 0 Å². The first-order chi connectivity index (χ1) is 15.7. The van der Waals surface area contributed by atoms with Crippen molar-refractivity contribution in [3.63, 3.8) is 0 Å². The highest BCUT2D eigenvalue weighted by atomic mass is 35.5. The molecule has 2 aromatic rings. The molecule has 3 aliphatic rings. The Morgan fingerprint density at radius 1 is 1.12 bits per heavy atom. The van der Waals surface area contributed by atoms with Crippen LogP contribution in [-0.4, -0.2) is 85.1 Å². The fraction of sp³-hybridized carbons (Fsp3) is 0.391. The van der Waals surface area contributed by atoms with Gasteiger partial charge in [0.05, 0.1) is 30.0 Å². The molecule has 0 radical (unpaired) electrons. The van der Waals surface area contributed by atoms with Crippen molar-refractivity contribution < 1.29 is 18.0 Å². The van der Waals surface area contributed by atoms with Gasteiger partial charge in [-0.05, 0) is 41.5 Å². The van der Waals surface area contributed by atoms with Gasteiger partial charge in [-0.3, -0.25) is 9.59 Å². The minimum absolute atomic E-state index is 0.00109. The average Bonchev–Trinajstić information content (AvgIpc) is 3.48. The molecular weight excluding hydrogens is 464 g/mol. The van der Waals surface area contributed by atoms with E-state index in [2.05, 4.69) is 0 Å². The maximum absolute atomic E-state index is 12.9. The van der Waals surface area contributed by atoms with Crippen LogP contribution < -0.4 is 0 Å². The number of sulfone groups is 1. The van der Waals surface area contributed by atoms with E-state index in [1.54, 1.807) is 41.3 Å². The van der Waals surface area contributed by atoms with Crippen molar-refractivity contribution >= 4 is 44.0 Å². The summed E-state index contributed by atoms with van der Waals surface area (Å²) >= 11 is 6.00. The Morgan fingerprint density at radius 2 is 1.88 bits per heavy atom. The number of hydrogen-bond acceptors (Lipinski definition) is 6. The van der Waals surface area contributed by atoms with Crippen LogP contribution in [0.25, 0.3) is 10.8 Å². The van der Waals surface area contributed by atoms with E-state index in [0.717, 1.165) is 10.8 Å². The van der Waals surface area contributed by atoms with Gasteiger partial charge in [-0.25, -0.2) is 8.42 Å². The molecule has 0 aromatic heterocycles. The molecule has 2 aromatic carbocycles. The zero-order valence-corrected chi connectivity index (χ0v) is 19.8. The van der Waals surface area contributed by atoms with Crippen molar-refractivity contribution in [2.45, 2.75) is 23.8 Å². The molecule has 3 heterocycles. The fourth-order valence-corrected chi connectivity index (χ4v) is 6.21. The number of carbonyl (C=O) groups is 2. The second-order valence-electron chi connectivity index (χ2n) is 8.87. The average molecular weight is 489 g/mol. The first-order valence-corrected chi connectivity index (χ1v) is 12.9. The van der Waals surface area contributed by atoms with Gasteiger partial charge < -0.3 is 19.6 Å². The predicted octanol–water partition coefficient (Wildman–Crippen LogP) is 2.10. The summed E-state index contributed by atoms with van der Waals surface area (Å²) in [5.74, 6) is -0.444. The molecule has 0 saturated carbocycles. The first-order valence-electron chi connectivity index (χ1n) is 10.9. The molecule has 2 saturated heterocycles. The number of fused-ring (bicyclic) bond motifs is 2. The monoisotopic (exact) mass is 488 g/mol. The van der Waals surface area contributed by atoms with Gasteiger partial charge in [-0.2, -0.15) is 0 Å². The van der Waals surface area contributed by atoms with Crippen molar-refractivity contribution in [1.29, 1.82) is 0 Å². The summed E-state index contributed by atoms with van der Waals surface area (Å²) in [4.78, 5) is 33.2. The molecule has 1 unspecified atom stereocenters. The Morgan fingerprint density at radius 3 is 2.67 bits per heavy atom. The number of rotatable bonds is 5. The number of likely N-dealkylation sites (tertiary alicyclic amines) is 1. The van der Waals surface area contributed by atoms with Crippen LogP contribution in [0.1, 0.15) is 12.8 Å². The maximum atomic E-state index is 12.9. The summed E-state index contributed by atoms with van der Waals surface area (Å²) in [6, 6.07) is 10.2. The van der Waals surface area contributed by atoms with Crippen molar-refractivity contribution in [3.05, 3.63) is 53.3 Å². The first kappa shape index (κ1) is 22.0. The van der Waals surface area contributed by atoms with E-state index >= 15 is 0 Å². The van der Waals surface area contributed by atoms with E-state index in [4.69, 9.17) is 11.6 Å². The molecule has 8 nitrogen and oxygen atoms in total. The van der Waals surface area contributed by atoms with Gasteiger partial charge in [0.15, 0.2) is 9.84 Å². The summed E-state index contributed by atoms with van der Waals surface area (Å²) in [6.45, 7) is 2.19. The predicted molar refractivity (Wildman–Crippen MR) is 125 cm³/mol. The fourth-order valence-electron chi connectivity index (χ4n) is 4.77. The van der Waals surface area contributed by atoms with E-state index in [-0.39, 0.29) is 34.9 Å². The zero-order chi connectivity index (χ0) is 23.3. The number of amides is 2. The van der Waals surface area contributed by atoms with Crippen molar-refractivity contribution in [2.24, 2.45) is 0 Å². The molecule has 10 heteroatoms. The van der Waals surface area contributed by atoms with E-state index in [0.29, 0.717) is 43.6 Å². The molecule has 174 valence electrons. The molecule has 0 aliphatic carbocycles. The van der Waals surface area contributed by atoms with Crippen LogP contribution in [0.3, 0.4) is 0 Å². The molecule has 2 amide bonds. The van der Waals surface area contributed by atoms with Crippen molar-refractivity contribution in [2.75, 3.05) is 39.2 Å². The van der Waals surface area contributed by atoms with Gasteiger partial charge in [0.25, 0.3) is 5.91 Å². The van der Waals surface area contributed by atoms with Crippen LogP contribution in [0.2, 0.25) is 5.02 Å². The summed E-state index contributed by atoms with van der Waals surface area (Å²) in [7, 11) is -1.67. The van der Waals surface area contributed by atoms with Gasteiger partial charge in [-0.1, -0.05) is 23.7 Å². The van der Waals surface area contributed by atoms with Gasteiger partial charge in [0.2, 0.25) is 5.91 Å². The molecule has 3 aliphatic heterocycles. The van der Waals surface area contributed by atoms with E-state index in [1.165, 1.54) is 0 Å². The third-order valence-corrected chi connectivity index (χ3v) is 8.50. The van der Waals surface area contributed by atoms with E-state index in [9.17, 15) is 18.0 Å². The quantitative estimate of drug-likeness (QED) is 0.641. The lowest BCUT2D eigenvalue weighted by Crippen LogP contribution is -2.41. The smallest absolute Gasteiger partial charge is 0.273 e. The molecule has 0 N–H and O–H groups in total. The molecule has 33 heavy (non-hydrogen) atoms. The molecule has 5 rings (SSSR count). The number of halogens is 1. The maximum Gasteiger partial charge on any atom is 0.273 e. The third-order valence-electron chi connectivity index (χ3n) is 6.55. The number of benzene rings is 2. The third kappa shape index (κ3) is 4.15. The van der Waals surface area contributed by atoms with Gasteiger partial charge in [0.1, 0.15) is 5.70 Å². The van der Waals surface area contributed by atoms with Crippen LogP contribution in [0, 0.1) is 0 Å². The Kier molecular flexibility index (Phi) is 5.49. The highest BCUT2D eigenvalue weighted by molar-refractivity contribution is 7.91. The lowest BCUT2D eigenvalue weighted by molar-refractivity contribution is -0.131. The zero-order valence-electron chi connectivity index (χ0n) is 18.3. The molecular formula is C23H25ClN4O4S. The topological polar surface area (TPSA) is 81.2 Å². The minimum Gasteiger partial charge on any atom is -0.361 e. The number of nitrogens with zero attached hydrogens (tertiary/aromatic N) is 4. The van der Waals surface area contributed by atoms with Crippen molar-refractivity contribution in [3.8, 4) is 0 Å². The van der Waals surface area contributed by atoms with Crippen LogP contribution in [0.5, 0.6) is 0 Å². The van der Waals surface area contributed by atoms with Crippen LogP contribution in [0.15, 0.2) is 53.2 Å². The molecule has 0 spiro atoms. The Labute approximate surface area is 197 Å². The molecule has 0 bridgehead atoms.